The average Bonchev–Trinajstić information content (AvgIpc) is 2.71. The van der Waals surface area contributed by atoms with Gasteiger partial charge in [-0.3, -0.25) is 0 Å². The molecule has 0 aliphatic carbocycles. The van der Waals surface area contributed by atoms with E-state index in [1.807, 2.05) is 26.1 Å². The van der Waals surface area contributed by atoms with Gasteiger partial charge in [0.1, 0.15) is 11.6 Å². The van der Waals surface area contributed by atoms with E-state index in [1.54, 1.807) is 12.3 Å². The fourth-order valence-corrected chi connectivity index (χ4v) is 2.54. The molecule has 2 aromatic rings. The zero-order chi connectivity index (χ0) is 13.1. The van der Waals surface area contributed by atoms with Gasteiger partial charge in [0.2, 0.25) is 0 Å². The molecule has 0 saturated carbocycles. The second kappa shape index (κ2) is 5.67. The van der Waals surface area contributed by atoms with Crippen molar-refractivity contribution in [3.8, 4) is 0 Å². The minimum Gasteiger partial charge on any atom is -0.467 e. The topological polar surface area (TPSA) is 25.2 Å². The van der Waals surface area contributed by atoms with Crippen molar-refractivity contribution in [1.29, 1.82) is 0 Å². The summed E-state index contributed by atoms with van der Waals surface area (Å²) in [6.45, 7) is 2.00. The molecule has 1 aromatic heterocycles. The minimum atomic E-state index is -0.231. The van der Waals surface area contributed by atoms with Crippen molar-refractivity contribution in [1.82, 2.24) is 5.32 Å². The molecule has 1 heterocycles. The summed E-state index contributed by atoms with van der Waals surface area (Å²) in [5.41, 5.74) is 2.03. The van der Waals surface area contributed by atoms with Gasteiger partial charge in [-0.05, 0) is 55.8 Å². The molecule has 1 atom stereocenters. The highest BCUT2D eigenvalue weighted by molar-refractivity contribution is 9.10. The normalized spacial score (nSPS) is 12.7. The van der Waals surface area contributed by atoms with Crippen LogP contribution >= 0.6 is 15.9 Å². The van der Waals surface area contributed by atoms with Gasteiger partial charge in [0.25, 0.3) is 0 Å². The highest BCUT2D eigenvalue weighted by Gasteiger charge is 2.16. The molecule has 0 aliphatic heterocycles. The molecule has 0 spiro atoms. The Morgan fingerprint density at radius 1 is 1.39 bits per heavy atom. The lowest BCUT2D eigenvalue weighted by molar-refractivity contribution is 0.426. The fraction of sp³-hybridized carbons (Fsp3) is 0.286. The van der Waals surface area contributed by atoms with Gasteiger partial charge in [0.05, 0.1) is 12.3 Å². The van der Waals surface area contributed by atoms with Crippen LogP contribution in [0, 0.1) is 12.7 Å². The van der Waals surface area contributed by atoms with E-state index in [9.17, 15) is 4.39 Å². The molecule has 1 aromatic carbocycles. The molecule has 0 radical (unpaired) electrons. The van der Waals surface area contributed by atoms with Crippen LogP contribution in [0.25, 0.3) is 0 Å². The molecule has 2 nitrogen and oxygen atoms in total. The van der Waals surface area contributed by atoms with Gasteiger partial charge in [0, 0.05) is 4.47 Å². The predicted octanol–water partition coefficient (Wildman–Crippen LogP) is 3.99. The molecule has 2 rings (SSSR count). The fourth-order valence-electron chi connectivity index (χ4n) is 2.03. The van der Waals surface area contributed by atoms with E-state index in [0.717, 1.165) is 21.4 Å². The second-order valence-electron chi connectivity index (χ2n) is 4.29. The zero-order valence-electron chi connectivity index (χ0n) is 10.3. The summed E-state index contributed by atoms with van der Waals surface area (Å²) < 4.78 is 19.6. The van der Waals surface area contributed by atoms with Crippen LogP contribution in [0.1, 0.15) is 22.9 Å². The van der Waals surface area contributed by atoms with Crippen LogP contribution in [0.5, 0.6) is 0 Å². The van der Waals surface area contributed by atoms with Crippen LogP contribution in [-0.4, -0.2) is 7.05 Å². The third-order valence-corrected chi connectivity index (χ3v) is 3.39. The van der Waals surface area contributed by atoms with E-state index in [4.69, 9.17) is 4.42 Å². The Morgan fingerprint density at radius 3 is 2.72 bits per heavy atom. The number of hydrogen-bond acceptors (Lipinski definition) is 2. The molecule has 96 valence electrons. The summed E-state index contributed by atoms with van der Waals surface area (Å²) in [6, 6.07) is 6.91. The molecule has 0 fully saturated rings. The monoisotopic (exact) mass is 311 g/mol. The zero-order valence-corrected chi connectivity index (χ0v) is 11.9. The first-order valence-electron chi connectivity index (χ1n) is 5.76. The Balaban J connectivity index is 2.23. The van der Waals surface area contributed by atoms with Gasteiger partial charge in [0.15, 0.2) is 0 Å². The Labute approximate surface area is 114 Å². The summed E-state index contributed by atoms with van der Waals surface area (Å²) in [4.78, 5) is 0. The van der Waals surface area contributed by atoms with Gasteiger partial charge >= 0.3 is 0 Å². The number of nitrogens with one attached hydrogen (secondary N) is 1. The number of furan rings is 1. The maximum Gasteiger partial charge on any atom is 0.124 e. The van der Waals surface area contributed by atoms with Gasteiger partial charge in [-0.25, -0.2) is 4.39 Å². The summed E-state index contributed by atoms with van der Waals surface area (Å²) in [7, 11) is 1.88. The Morgan fingerprint density at radius 2 is 2.17 bits per heavy atom. The van der Waals surface area contributed by atoms with E-state index in [2.05, 4.69) is 21.2 Å². The quantitative estimate of drug-likeness (QED) is 0.923. The van der Waals surface area contributed by atoms with Crippen LogP contribution in [0.15, 0.2) is 39.4 Å². The lowest BCUT2D eigenvalue weighted by Gasteiger charge is -2.15. The van der Waals surface area contributed by atoms with Gasteiger partial charge < -0.3 is 9.73 Å². The van der Waals surface area contributed by atoms with Crippen LogP contribution in [0.2, 0.25) is 0 Å². The molecule has 0 aliphatic rings. The second-order valence-corrected chi connectivity index (χ2v) is 5.21. The van der Waals surface area contributed by atoms with Crippen molar-refractivity contribution < 1.29 is 8.81 Å². The van der Waals surface area contributed by atoms with Crippen molar-refractivity contribution >= 4 is 15.9 Å². The average molecular weight is 312 g/mol. The van der Waals surface area contributed by atoms with E-state index >= 15 is 0 Å². The first-order chi connectivity index (χ1) is 8.60. The lowest BCUT2D eigenvalue weighted by atomic mass is 10.0. The van der Waals surface area contributed by atoms with Gasteiger partial charge in [-0.1, -0.05) is 15.9 Å². The SMILES string of the molecule is CNC(Cc1cc(F)cc(Br)c1)c1occc1C. The first-order valence-corrected chi connectivity index (χ1v) is 6.55. The van der Waals surface area contributed by atoms with Gasteiger partial charge in [-0.15, -0.1) is 0 Å². The van der Waals surface area contributed by atoms with Crippen molar-refractivity contribution in [2.75, 3.05) is 7.05 Å². The third-order valence-electron chi connectivity index (χ3n) is 2.93. The molecule has 0 bridgehead atoms. The highest BCUT2D eigenvalue weighted by Crippen LogP contribution is 2.24. The van der Waals surface area contributed by atoms with Crippen LogP contribution < -0.4 is 5.32 Å². The highest BCUT2D eigenvalue weighted by atomic mass is 79.9. The van der Waals surface area contributed by atoms with Crippen LogP contribution in [0.3, 0.4) is 0 Å². The van der Waals surface area contributed by atoms with Crippen molar-refractivity contribution in [2.24, 2.45) is 0 Å². The molecular formula is C14H15BrFNO. The lowest BCUT2D eigenvalue weighted by Crippen LogP contribution is -2.19. The Hall–Kier alpha value is -1.13. The van der Waals surface area contributed by atoms with Crippen LogP contribution in [-0.2, 0) is 6.42 Å². The largest absolute Gasteiger partial charge is 0.467 e. The summed E-state index contributed by atoms with van der Waals surface area (Å²) in [5.74, 6) is 0.670. The molecule has 1 unspecified atom stereocenters. The molecule has 0 saturated heterocycles. The molecule has 0 amide bonds. The van der Waals surface area contributed by atoms with Crippen molar-refractivity contribution in [3.63, 3.8) is 0 Å². The smallest absolute Gasteiger partial charge is 0.124 e. The van der Waals surface area contributed by atoms with E-state index < -0.39 is 0 Å². The Bertz CT molecular complexity index is 518. The van der Waals surface area contributed by atoms with E-state index in [-0.39, 0.29) is 11.9 Å². The number of likely N-dealkylation sites (N-methyl/N-ethyl adjacent to an activating group) is 1. The maximum atomic E-state index is 13.3. The first kappa shape index (κ1) is 13.3. The third kappa shape index (κ3) is 3.00. The predicted molar refractivity (Wildman–Crippen MR) is 73.0 cm³/mol. The Kier molecular flexibility index (Phi) is 4.19. The standard InChI is InChI=1S/C14H15BrFNO/c1-9-3-4-18-14(9)13(17-2)7-10-5-11(15)8-12(16)6-10/h3-6,8,13,17H,7H2,1-2H3. The molecule has 1 N–H and O–H groups in total. The number of rotatable bonds is 4. The van der Waals surface area contributed by atoms with Crippen molar-refractivity contribution in [2.45, 2.75) is 19.4 Å². The number of hydrogen-bond donors (Lipinski definition) is 1. The van der Waals surface area contributed by atoms with Gasteiger partial charge in [-0.2, -0.15) is 0 Å². The van der Waals surface area contributed by atoms with E-state index in [1.165, 1.54) is 6.07 Å². The molecule has 4 heteroatoms. The maximum absolute atomic E-state index is 13.3. The summed E-state index contributed by atoms with van der Waals surface area (Å²) >= 11 is 3.30. The number of benzene rings is 1. The molecular weight excluding hydrogens is 297 g/mol. The van der Waals surface area contributed by atoms with Crippen molar-refractivity contribution in [3.05, 3.63) is 57.7 Å². The number of aryl methyl sites for hydroxylation is 1. The summed E-state index contributed by atoms with van der Waals surface area (Å²) in [5, 5.41) is 3.20. The van der Waals surface area contributed by atoms with Crippen LogP contribution in [0.4, 0.5) is 4.39 Å². The molecule has 18 heavy (non-hydrogen) atoms. The minimum absolute atomic E-state index is 0.0497. The van der Waals surface area contributed by atoms with E-state index in [0.29, 0.717) is 6.42 Å². The summed E-state index contributed by atoms with van der Waals surface area (Å²) in [6.07, 6.45) is 2.36. The number of halogens is 2.